The van der Waals surface area contributed by atoms with E-state index in [4.69, 9.17) is 0 Å². The number of hydrogen-bond donors (Lipinski definition) is 0. The second-order valence-corrected chi connectivity index (χ2v) is 10.1. The minimum absolute atomic E-state index is 0.00535. The molecule has 1 amide bonds. The van der Waals surface area contributed by atoms with Crippen molar-refractivity contribution in [1.82, 2.24) is 9.21 Å². The van der Waals surface area contributed by atoms with Crippen LogP contribution in [0.25, 0.3) is 0 Å². The molecule has 2 aliphatic rings. The number of alkyl halides is 3. The van der Waals surface area contributed by atoms with Crippen LogP contribution in [0.3, 0.4) is 0 Å². The number of carbonyl (C=O) groups excluding carboxylic acids is 1. The lowest BCUT2D eigenvalue weighted by molar-refractivity contribution is -0.138. The van der Waals surface area contributed by atoms with Crippen molar-refractivity contribution in [2.45, 2.75) is 36.3 Å². The van der Waals surface area contributed by atoms with Gasteiger partial charge in [-0.3, -0.25) is 4.79 Å². The van der Waals surface area contributed by atoms with Gasteiger partial charge >= 0.3 is 6.18 Å². The van der Waals surface area contributed by atoms with Crippen LogP contribution in [0.1, 0.15) is 29.5 Å². The highest BCUT2D eigenvalue weighted by molar-refractivity contribution is 7.89. The first-order chi connectivity index (χ1) is 14.5. The maximum Gasteiger partial charge on any atom is 0.416 e. The third-order valence-electron chi connectivity index (χ3n) is 6.06. The second-order valence-electron chi connectivity index (χ2n) is 8.17. The summed E-state index contributed by atoms with van der Waals surface area (Å²) in [5.41, 5.74) is 0.523. The number of rotatable bonds is 4. The molecule has 2 aromatic carbocycles. The van der Waals surface area contributed by atoms with Crippen LogP contribution in [0, 0.1) is 6.92 Å². The molecule has 1 saturated carbocycles. The van der Waals surface area contributed by atoms with Gasteiger partial charge in [0.2, 0.25) is 15.9 Å². The number of carbonyl (C=O) groups is 1. The van der Waals surface area contributed by atoms with Crippen LogP contribution in [0.4, 0.5) is 13.2 Å². The van der Waals surface area contributed by atoms with Gasteiger partial charge in [-0.1, -0.05) is 35.9 Å². The molecule has 0 N–H and O–H groups in total. The van der Waals surface area contributed by atoms with E-state index in [0.717, 1.165) is 40.4 Å². The Morgan fingerprint density at radius 1 is 0.968 bits per heavy atom. The van der Waals surface area contributed by atoms with Crippen LogP contribution < -0.4 is 0 Å². The molecule has 1 aliphatic heterocycles. The summed E-state index contributed by atoms with van der Waals surface area (Å²) in [4.78, 5) is 14.5. The van der Waals surface area contributed by atoms with Gasteiger partial charge in [0.05, 0.1) is 15.9 Å². The number of benzene rings is 2. The average molecular weight is 452 g/mol. The Hall–Kier alpha value is -2.39. The van der Waals surface area contributed by atoms with Gasteiger partial charge in [0.1, 0.15) is 0 Å². The molecule has 0 unspecified atom stereocenters. The van der Waals surface area contributed by atoms with Gasteiger partial charge in [-0.25, -0.2) is 8.42 Å². The first-order valence-corrected chi connectivity index (χ1v) is 11.5. The molecule has 5 nitrogen and oxygen atoms in total. The quantitative estimate of drug-likeness (QED) is 0.713. The van der Waals surface area contributed by atoms with Gasteiger partial charge in [-0.15, -0.1) is 0 Å². The summed E-state index contributed by atoms with van der Waals surface area (Å²) in [5.74, 6) is -0.00535. The number of piperazine rings is 1. The van der Waals surface area contributed by atoms with Crippen LogP contribution in [0.5, 0.6) is 0 Å². The number of aryl methyl sites for hydroxylation is 1. The van der Waals surface area contributed by atoms with Crippen molar-refractivity contribution in [1.29, 1.82) is 0 Å². The summed E-state index contributed by atoms with van der Waals surface area (Å²) in [7, 11) is -4.08. The van der Waals surface area contributed by atoms with E-state index < -0.39 is 27.2 Å². The Morgan fingerprint density at radius 2 is 1.61 bits per heavy atom. The normalized spacial score (nSPS) is 19.3. The molecule has 2 aromatic rings. The second kappa shape index (κ2) is 7.63. The third-order valence-corrected chi connectivity index (χ3v) is 7.95. The molecule has 0 spiro atoms. The minimum Gasteiger partial charge on any atom is -0.339 e. The van der Waals surface area contributed by atoms with Crippen molar-refractivity contribution in [3.05, 3.63) is 65.2 Å². The summed E-state index contributed by atoms with van der Waals surface area (Å²) in [6, 6.07) is 11.6. The maximum absolute atomic E-state index is 13.2. The molecule has 0 bridgehead atoms. The van der Waals surface area contributed by atoms with Crippen molar-refractivity contribution < 1.29 is 26.4 Å². The van der Waals surface area contributed by atoms with Gasteiger partial charge in [0, 0.05) is 26.2 Å². The molecule has 0 radical (unpaired) electrons. The molecule has 31 heavy (non-hydrogen) atoms. The molecule has 166 valence electrons. The highest BCUT2D eigenvalue weighted by Crippen LogP contribution is 2.50. The minimum atomic E-state index is -4.62. The highest BCUT2D eigenvalue weighted by Gasteiger charge is 2.53. The summed E-state index contributed by atoms with van der Waals surface area (Å²) >= 11 is 0. The Balaban J connectivity index is 1.47. The lowest BCUT2D eigenvalue weighted by Gasteiger charge is -2.36. The number of halogens is 3. The topological polar surface area (TPSA) is 57.7 Å². The molecule has 1 heterocycles. The van der Waals surface area contributed by atoms with Crippen molar-refractivity contribution in [2.75, 3.05) is 26.2 Å². The number of hydrogen-bond acceptors (Lipinski definition) is 3. The van der Waals surface area contributed by atoms with Crippen molar-refractivity contribution >= 4 is 15.9 Å². The van der Waals surface area contributed by atoms with E-state index in [1.54, 1.807) is 4.90 Å². The SMILES string of the molecule is Cc1cccc(C2(C(=O)N3CCN(S(=O)(=O)c4cccc(C(F)(F)F)c4)CC3)CC2)c1. The lowest BCUT2D eigenvalue weighted by Crippen LogP contribution is -2.52. The van der Waals surface area contributed by atoms with E-state index in [-0.39, 0.29) is 37.0 Å². The predicted molar refractivity (Wildman–Crippen MR) is 109 cm³/mol. The van der Waals surface area contributed by atoms with E-state index in [1.807, 2.05) is 31.2 Å². The summed E-state index contributed by atoms with van der Waals surface area (Å²) in [5, 5.41) is 0. The number of amides is 1. The summed E-state index contributed by atoms with van der Waals surface area (Å²) < 4.78 is 65.8. The monoisotopic (exact) mass is 452 g/mol. The van der Waals surface area contributed by atoms with Crippen LogP contribution in [0.15, 0.2) is 53.4 Å². The molecular formula is C22H23F3N2O3S. The molecule has 1 aliphatic carbocycles. The Morgan fingerprint density at radius 3 is 2.19 bits per heavy atom. The van der Waals surface area contributed by atoms with Crippen molar-refractivity contribution in [2.24, 2.45) is 0 Å². The highest BCUT2D eigenvalue weighted by atomic mass is 32.2. The lowest BCUT2D eigenvalue weighted by atomic mass is 9.93. The predicted octanol–water partition coefficient (Wildman–Crippen LogP) is 3.58. The fraction of sp³-hybridized carbons (Fsp3) is 0.409. The zero-order valence-electron chi connectivity index (χ0n) is 17.0. The van der Waals surface area contributed by atoms with Crippen LogP contribution in [0.2, 0.25) is 0 Å². The first kappa shape index (κ1) is 21.8. The van der Waals surface area contributed by atoms with E-state index in [0.29, 0.717) is 6.07 Å². The maximum atomic E-state index is 13.2. The molecule has 0 aromatic heterocycles. The largest absolute Gasteiger partial charge is 0.416 e. The molecule has 4 rings (SSSR count). The Bertz CT molecular complexity index is 1100. The summed E-state index contributed by atoms with van der Waals surface area (Å²) in [6.45, 7) is 2.50. The standard InChI is InChI=1S/C22H23F3N2O3S/c1-16-4-2-5-17(14-16)21(8-9-21)20(28)26-10-12-27(13-11-26)31(29,30)19-7-3-6-18(15-19)22(23,24)25/h2-7,14-15H,8-13H2,1H3. The zero-order chi connectivity index (χ0) is 22.4. The molecule has 9 heteroatoms. The number of nitrogens with zero attached hydrogens (tertiary/aromatic N) is 2. The van der Waals surface area contributed by atoms with Crippen LogP contribution >= 0.6 is 0 Å². The zero-order valence-corrected chi connectivity index (χ0v) is 17.8. The van der Waals surface area contributed by atoms with E-state index in [1.165, 1.54) is 6.07 Å². The van der Waals surface area contributed by atoms with E-state index in [9.17, 15) is 26.4 Å². The fourth-order valence-corrected chi connectivity index (χ4v) is 5.58. The third kappa shape index (κ3) is 4.08. The van der Waals surface area contributed by atoms with Gasteiger partial charge < -0.3 is 4.90 Å². The molecule has 1 saturated heterocycles. The first-order valence-electron chi connectivity index (χ1n) is 10.1. The van der Waals surface area contributed by atoms with Gasteiger partial charge in [-0.05, 0) is 43.5 Å². The van der Waals surface area contributed by atoms with Crippen LogP contribution in [-0.2, 0) is 26.4 Å². The Kier molecular flexibility index (Phi) is 5.37. The van der Waals surface area contributed by atoms with Crippen molar-refractivity contribution in [3.63, 3.8) is 0 Å². The van der Waals surface area contributed by atoms with Crippen molar-refractivity contribution in [3.8, 4) is 0 Å². The smallest absolute Gasteiger partial charge is 0.339 e. The van der Waals surface area contributed by atoms with Gasteiger partial charge in [0.25, 0.3) is 0 Å². The average Bonchev–Trinajstić information content (AvgIpc) is 3.55. The molecule has 0 atom stereocenters. The van der Waals surface area contributed by atoms with Crippen LogP contribution in [-0.4, -0.2) is 49.7 Å². The molecular weight excluding hydrogens is 429 g/mol. The fourth-order valence-electron chi connectivity index (χ4n) is 4.11. The van der Waals surface area contributed by atoms with Gasteiger partial charge in [0.15, 0.2) is 0 Å². The Labute approximate surface area is 179 Å². The van der Waals surface area contributed by atoms with Gasteiger partial charge in [-0.2, -0.15) is 17.5 Å². The van der Waals surface area contributed by atoms with E-state index in [2.05, 4.69) is 0 Å². The summed E-state index contributed by atoms with van der Waals surface area (Å²) in [6.07, 6.45) is -3.10. The van der Waals surface area contributed by atoms with E-state index >= 15 is 0 Å². The molecule has 2 fully saturated rings. The number of sulfonamides is 1.